The fraction of sp³-hybridized carbons (Fsp3) is 0.405. The summed E-state index contributed by atoms with van der Waals surface area (Å²) in [5.74, 6) is -4.17. The van der Waals surface area contributed by atoms with Crippen LogP contribution in [-0.4, -0.2) is 95.8 Å². The lowest BCUT2D eigenvalue weighted by Gasteiger charge is -2.26. The highest BCUT2D eigenvalue weighted by Crippen LogP contribution is 2.44. The summed E-state index contributed by atoms with van der Waals surface area (Å²) < 4.78 is 5.75. The number of alkyl carbamates (subject to hydrolysis) is 1. The summed E-state index contributed by atoms with van der Waals surface area (Å²) in [5, 5.41) is 30.2. The Morgan fingerprint density at radius 2 is 1.13 bits per heavy atom. The van der Waals surface area contributed by atoms with Gasteiger partial charge in [-0.25, -0.2) is 9.59 Å². The van der Waals surface area contributed by atoms with Gasteiger partial charge in [0.25, 0.3) is 0 Å². The van der Waals surface area contributed by atoms with E-state index in [4.69, 9.17) is 27.7 Å². The van der Waals surface area contributed by atoms with Crippen molar-refractivity contribution in [2.24, 2.45) is 38.8 Å². The fourth-order valence-corrected chi connectivity index (χ4v) is 6.91. The van der Waals surface area contributed by atoms with Crippen LogP contribution >= 0.6 is 0 Å². The van der Waals surface area contributed by atoms with Crippen LogP contribution in [0.2, 0.25) is 0 Å². The molecule has 0 fully saturated rings. The first-order chi connectivity index (χ1) is 28.6. The number of carbonyl (C=O) groups excluding carboxylic acids is 4. The minimum Gasteiger partial charge on any atom is -0.508 e. The Morgan fingerprint density at radius 1 is 0.667 bits per heavy atom. The molecular weight excluding hydrogens is 773 g/mol. The van der Waals surface area contributed by atoms with Crippen molar-refractivity contribution in [2.45, 2.75) is 82.5 Å². The molecule has 322 valence electrons. The van der Waals surface area contributed by atoms with Gasteiger partial charge in [0.05, 0.1) is 0 Å². The number of carboxylic acids is 1. The molecule has 0 heterocycles. The molecule has 1 aliphatic rings. The molecule has 4 atom stereocenters. The van der Waals surface area contributed by atoms with Crippen LogP contribution in [0.25, 0.3) is 11.1 Å². The van der Waals surface area contributed by atoms with E-state index < -0.39 is 54.0 Å². The lowest BCUT2D eigenvalue weighted by atomic mass is 9.98. The molecule has 4 amide bonds. The number of phenols is 1. The number of phenolic OH excluding ortho intramolecular Hbond substituents is 1. The number of amides is 4. The summed E-state index contributed by atoms with van der Waals surface area (Å²) in [7, 11) is 0. The van der Waals surface area contributed by atoms with Crippen LogP contribution < -0.4 is 44.2 Å². The van der Waals surface area contributed by atoms with Crippen molar-refractivity contribution >= 4 is 41.7 Å². The normalized spacial score (nSPS) is 13.7. The first-order valence-electron chi connectivity index (χ1n) is 19.8. The second kappa shape index (κ2) is 22.3. The van der Waals surface area contributed by atoms with Gasteiger partial charge in [-0.05, 0) is 78.0 Å². The number of aliphatic carboxylic acids is 1. The summed E-state index contributed by atoms with van der Waals surface area (Å²) in [5.41, 5.74) is 26.6. The van der Waals surface area contributed by atoms with E-state index in [0.29, 0.717) is 5.56 Å². The van der Waals surface area contributed by atoms with Gasteiger partial charge >= 0.3 is 12.1 Å². The summed E-state index contributed by atoms with van der Waals surface area (Å²) in [6, 6.07) is 16.7. The van der Waals surface area contributed by atoms with Crippen molar-refractivity contribution in [1.29, 1.82) is 0 Å². The molecule has 18 nitrogen and oxygen atoms in total. The topological polar surface area (TPSA) is 312 Å². The van der Waals surface area contributed by atoms with E-state index in [1.165, 1.54) is 12.1 Å². The van der Waals surface area contributed by atoms with Crippen molar-refractivity contribution in [3.05, 3.63) is 89.5 Å². The minimum atomic E-state index is -1.28. The maximum absolute atomic E-state index is 14.1. The van der Waals surface area contributed by atoms with Crippen LogP contribution in [0.1, 0.15) is 68.6 Å². The summed E-state index contributed by atoms with van der Waals surface area (Å²) in [6.07, 6.45) is -0.327. The molecule has 0 radical (unpaired) electrons. The largest absolute Gasteiger partial charge is 0.508 e. The summed E-state index contributed by atoms with van der Waals surface area (Å²) in [4.78, 5) is 75.1. The van der Waals surface area contributed by atoms with Crippen molar-refractivity contribution in [3.8, 4) is 16.9 Å². The van der Waals surface area contributed by atoms with Gasteiger partial charge in [0, 0.05) is 25.4 Å². The molecule has 0 saturated heterocycles. The quantitative estimate of drug-likeness (QED) is 0.0392. The third-order valence-corrected chi connectivity index (χ3v) is 9.81. The van der Waals surface area contributed by atoms with Gasteiger partial charge in [0.1, 0.15) is 36.5 Å². The maximum atomic E-state index is 14.1. The number of ether oxygens (including phenoxy) is 1. The number of fused-ring (bicyclic) bond motifs is 3. The highest BCUT2D eigenvalue weighted by atomic mass is 16.5. The van der Waals surface area contributed by atoms with Crippen molar-refractivity contribution in [2.75, 3.05) is 19.7 Å². The lowest BCUT2D eigenvalue weighted by molar-refractivity contribution is -0.142. The molecule has 14 N–H and O–H groups in total. The average Bonchev–Trinajstić information content (AvgIpc) is 3.52. The van der Waals surface area contributed by atoms with Crippen LogP contribution in [-0.2, 0) is 30.3 Å². The second-order valence-electron chi connectivity index (χ2n) is 14.9. The third kappa shape index (κ3) is 13.9. The van der Waals surface area contributed by atoms with E-state index in [2.05, 4.69) is 31.3 Å². The standard InChI is InChI=1S/C42H56N10O8/c1-24(2)21-35(39(57)58)51-37(55)33(14-8-20-48-41(45)46)49-36(54)32(13-7-19-47-40(43)44)50-38(56)34(22-25-15-17-26(53)18-16-25)52-42(59)60-23-31-29-11-5-3-9-27(29)28-10-4-6-12-30(28)31/h3-6,9-12,15-18,24,31-35,53H,7-8,13-14,19-23H2,1-2H3,(H,49,54)(H,50,56)(H,51,55)(H,52,59)(H,57,58)(H4,43,44,47)(H4,45,46,48)/t32-,33-,34-,35-/m0/s1. The number of carbonyl (C=O) groups is 5. The Labute approximate surface area is 348 Å². The van der Waals surface area contributed by atoms with E-state index in [9.17, 15) is 34.2 Å². The van der Waals surface area contributed by atoms with Crippen LogP contribution in [0.3, 0.4) is 0 Å². The van der Waals surface area contributed by atoms with Gasteiger partial charge in [-0.3, -0.25) is 24.4 Å². The fourth-order valence-electron chi connectivity index (χ4n) is 6.91. The first kappa shape index (κ1) is 45.8. The predicted molar refractivity (Wildman–Crippen MR) is 227 cm³/mol. The minimum absolute atomic E-state index is 0.00132. The molecule has 0 saturated carbocycles. The number of aliphatic imine (C=N–C) groups is 2. The van der Waals surface area contributed by atoms with Gasteiger partial charge in [-0.2, -0.15) is 0 Å². The van der Waals surface area contributed by atoms with Gasteiger partial charge in [0.15, 0.2) is 11.9 Å². The molecule has 3 aromatic rings. The zero-order valence-corrected chi connectivity index (χ0v) is 33.8. The van der Waals surface area contributed by atoms with Crippen LogP contribution in [0, 0.1) is 5.92 Å². The van der Waals surface area contributed by atoms with Gasteiger partial charge < -0.3 is 59.2 Å². The molecule has 60 heavy (non-hydrogen) atoms. The number of hydrogen-bond donors (Lipinski definition) is 10. The smallest absolute Gasteiger partial charge is 0.407 e. The van der Waals surface area contributed by atoms with Gasteiger partial charge in [-0.15, -0.1) is 0 Å². The molecule has 0 bridgehead atoms. The zero-order valence-electron chi connectivity index (χ0n) is 33.8. The molecular formula is C42H56N10O8. The zero-order chi connectivity index (χ0) is 43.8. The molecule has 3 aromatic carbocycles. The highest BCUT2D eigenvalue weighted by Gasteiger charge is 2.33. The van der Waals surface area contributed by atoms with Gasteiger partial charge in [0.2, 0.25) is 17.7 Å². The summed E-state index contributed by atoms with van der Waals surface area (Å²) >= 11 is 0. The molecule has 18 heteroatoms. The maximum Gasteiger partial charge on any atom is 0.407 e. The molecule has 0 aromatic heterocycles. The monoisotopic (exact) mass is 828 g/mol. The molecule has 0 spiro atoms. The number of rotatable bonds is 22. The molecule has 4 rings (SSSR count). The van der Waals surface area contributed by atoms with Crippen molar-refractivity contribution < 1.29 is 38.9 Å². The number of aromatic hydroxyl groups is 1. The average molecular weight is 829 g/mol. The first-order valence-corrected chi connectivity index (χ1v) is 19.8. The van der Waals surface area contributed by atoms with E-state index in [1.807, 2.05) is 62.4 Å². The van der Waals surface area contributed by atoms with E-state index in [1.54, 1.807) is 12.1 Å². The number of guanidine groups is 2. The number of nitrogens with two attached hydrogens (primary N) is 4. The Morgan fingerprint density at radius 3 is 1.60 bits per heavy atom. The molecule has 1 aliphatic carbocycles. The highest BCUT2D eigenvalue weighted by molar-refractivity contribution is 5.95. The predicted octanol–water partition coefficient (Wildman–Crippen LogP) is 1.53. The third-order valence-electron chi connectivity index (χ3n) is 9.81. The van der Waals surface area contributed by atoms with Crippen LogP contribution in [0.4, 0.5) is 4.79 Å². The SMILES string of the molecule is CC(C)C[C@H](NC(=O)[C@H](CCCN=C(N)N)NC(=O)[C@H](CCCN=C(N)N)NC(=O)[C@H](Cc1ccc(O)cc1)NC(=O)OCC1c2ccccc2-c2ccccc21)C(=O)O. The van der Waals surface area contributed by atoms with E-state index >= 15 is 0 Å². The van der Waals surface area contributed by atoms with Crippen LogP contribution in [0.15, 0.2) is 82.8 Å². The number of benzene rings is 3. The van der Waals surface area contributed by atoms with E-state index in [0.717, 1.165) is 22.3 Å². The lowest BCUT2D eigenvalue weighted by Crippen LogP contribution is -2.58. The Balaban J connectivity index is 1.55. The number of nitrogens with zero attached hydrogens (tertiary/aromatic N) is 2. The molecule has 0 aliphatic heterocycles. The van der Waals surface area contributed by atoms with Crippen molar-refractivity contribution in [3.63, 3.8) is 0 Å². The molecule has 0 unspecified atom stereocenters. The van der Waals surface area contributed by atoms with Crippen LogP contribution in [0.5, 0.6) is 5.75 Å². The van der Waals surface area contributed by atoms with Gasteiger partial charge in [-0.1, -0.05) is 74.5 Å². The Hall–Kier alpha value is -6.85. The second-order valence-corrected chi connectivity index (χ2v) is 14.9. The van der Waals surface area contributed by atoms with Crippen molar-refractivity contribution in [1.82, 2.24) is 21.3 Å². The number of hydrogen-bond acceptors (Lipinski definition) is 9. The Bertz CT molecular complexity index is 1970. The number of carboxylic acid groups (broad SMARTS) is 1. The number of nitrogens with one attached hydrogen (secondary N) is 4. The van der Waals surface area contributed by atoms with E-state index in [-0.39, 0.29) is 87.7 Å². The Kier molecular flexibility index (Phi) is 17.1. The summed E-state index contributed by atoms with van der Waals surface area (Å²) in [6.45, 7) is 3.83.